The first-order valence-electron chi connectivity index (χ1n) is 10.6. The molecule has 0 radical (unpaired) electrons. The highest BCUT2D eigenvalue weighted by Gasteiger charge is 2.26. The lowest BCUT2D eigenvalue weighted by Crippen LogP contribution is -2.40. The number of carbonyl (C=O) groups excluding carboxylic acids is 2. The molecule has 0 aliphatic carbocycles. The van der Waals surface area contributed by atoms with E-state index in [2.05, 4.69) is 45.2 Å². The van der Waals surface area contributed by atoms with Gasteiger partial charge in [-0.1, -0.05) is 41.4 Å². The molecule has 1 N–H and O–H groups in total. The molecule has 0 saturated carbocycles. The maximum Gasteiger partial charge on any atom is 0.338 e. The molecular formula is C24H29BrN2O3. The molecule has 1 aliphatic heterocycles. The number of halogens is 1. The fourth-order valence-electron chi connectivity index (χ4n) is 3.63. The highest BCUT2D eigenvalue weighted by atomic mass is 79.9. The van der Waals surface area contributed by atoms with Crippen molar-refractivity contribution in [3.05, 3.63) is 64.1 Å². The topological polar surface area (TPSA) is 58.6 Å². The van der Waals surface area contributed by atoms with Gasteiger partial charge in [-0.2, -0.15) is 0 Å². The third-order valence-corrected chi connectivity index (χ3v) is 5.78. The molecule has 1 fully saturated rings. The summed E-state index contributed by atoms with van der Waals surface area (Å²) in [5.41, 5.74) is 2.45. The Morgan fingerprint density at radius 3 is 2.73 bits per heavy atom. The Morgan fingerprint density at radius 1 is 1.20 bits per heavy atom. The van der Waals surface area contributed by atoms with Crippen LogP contribution in [0.15, 0.2) is 53.0 Å². The van der Waals surface area contributed by atoms with Crippen LogP contribution >= 0.6 is 15.9 Å². The summed E-state index contributed by atoms with van der Waals surface area (Å²) in [5, 5.41) is 3.00. The molecule has 5 nitrogen and oxygen atoms in total. The van der Waals surface area contributed by atoms with Crippen molar-refractivity contribution in [2.45, 2.75) is 39.2 Å². The lowest BCUT2D eigenvalue weighted by molar-refractivity contribution is -0.121. The van der Waals surface area contributed by atoms with E-state index in [1.165, 1.54) is 5.56 Å². The minimum atomic E-state index is -0.322. The molecule has 30 heavy (non-hydrogen) atoms. The van der Waals surface area contributed by atoms with Crippen LogP contribution in [0.4, 0.5) is 5.69 Å². The number of esters is 1. The number of piperidine rings is 1. The SMILES string of the molecule is CCCCOC(=O)c1ccc(NC(=O)C2CCCN(Cc3cccc(Br)c3)C2)cc1. The largest absolute Gasteiger partial charge is 0.462 e. The molecule has 1 saturated heterocycles. The molecule has 6 heteroatoms. The van der Waals surface area contributed by atoms with E-state index in [9.17, 15) is 9.59 Å². The monoisotopic (exact) mass is 472 g/mol. The standard InChI is InChI=1S/C24H29BrN2O3/c1-2-3-14-30-24(29)19-9-11-22(12-10-19)26-23(28)20-7-5-13-27(17-20)16-18-6-4-8-21(25)15-18/h4,6,8-12,15,20H,2-3,5,7,13-14,16-17H2,1H3,(H,26,28). The fraction of sp³-hybridized carbons (Fsp3) is 0.417. The van der Waals surface area contributed by atoms with Gasteiger partial charge in [0.25, 0.3) is 0 Å². The Hall–Kier alpha value is -2.18. The average molecular weight is 473 g/mol. The number of nitrogens with one attached hydrogen (secondary N) is 1. The normalized spacial score (nSPS) is 16.8. The Bertz CT molecular complexity index is 854. The summed E-state index contributed by atoms with van der Waals surface area (Å²) in [7, 11) is 0. The number of likely N-dealkylation sites (tertiary alicyclic amines) is 1. The third kappa shape index (κ3) is 6.67. The molecule has 0 spiro atoms. The van der Waals surface area contributed by atoms with Crippen LogP contribution in [0.5, 0.6) is 0 Å². The first kappa shape index (κ1) is 22.5. The van der Waals surface area contributed by atoms with Crippen molar-refractivity contribution in [3.63, 3.8) is 0 Å². The van der Waals surface area contributed by atoms with Crippen LogP contribution in [-0.4, -0.2) is 36.5 Å². The van der Waals surface area contributed by atoms with Gasteiger partial charge in [-0.3, -0.25) is 9.69 Å². The van der Waals surface area contributed by atoms with Crippen molar-refractivity contribution < 1.29 is 14.3 Å². The Labute approximate surface area is 186 Å². The number of hydrogen-bond acceptors (Lipinski definition) is 4. The minimum absolute atomic E-state index is 0.0345. The van der Waals surface area contributed by atoms with Gasteiger partial charge in [-0.25, -0.2) is 4.79 Å². The van der Waals surface area contributed by atoms with Crippen LogP contribution in [0.1, 0.15) is 48.5 Å². The number of hydrogen-bond donors (Lipinski definition) is 1. The molecule has 2 aromatic carbocycles. The van der Waals surface area contributed by atoms with Gasteiger partial charge in [-0.05, 0) is 67.8 Å². The molecule has 1 atom stereocenters. The predicted octanol–water partition coefficient (Wildman–Crippen LogP) is 5.26. The summed E-state index contributed by atoms with van der Waals surface area (Å²) in [6.45, 7) is 5.09. The Balaban J connectivity index is 1.51. The van der Waals surface area contributed by atoms with Crippen molar-refractivity contribution in [1.29, 1.82) is 0 Å². The molecule has 2 aromatic rings. The van der Waals surface area contributed by atoms with E-state index in [-0.39, 0.29) is 17.8 Å². The number of anilines is 1. The molecule has 1 unspecified atom stereocenters. The lowest BCUT2D eigenvalue weighted by Gasteiger charge is -2.32. The number of ether oxygens (including phenoxy) is 1. The van der Waals surface area contributed by atoms with E-state index in [0.717, 1.165) is 49.8 Å². The van der Waals surface area contributed by atoms with Gasteiger partial charge >= 0.3 is 5.97 Å². The molecule has 160 valence electrons. The van der Waals surface area contributed by atoms with Gasteiger partial charge in [0.05, 0.1) is 18.1 Å². The average Bonchev–Trinajstić information content (AvgIpc) is 2.74. The number of amides is 1. The van der Waals surface area contributed by atoms with Gasteiger partial charge in [0, 0.05) is 23.2 Å². The van der Waals surface area contributed by atoms with E-state index in [0.29, 0.717) is 17.9 Å². The molecule has 3 rings (SSSR count). The van der Waals surface area contributed by atoms with Gasteiger partial charge in [0.2, 0.25) is 5.91 Å². The number of carbonyl (C=O) groups is 2. The van der Waals surface area contributed by atoms with Gasteiger partial charge in [-0.15, -0.1) is 0 Å². The smallest absolute Gasteiger partial charge is 0.338 e. The highest BCUT2D eigenvalue weighted by Crippen LogP contribution is 2.22. The summed E-state index contributed by atoms with van der Waals surface area (Å²) >= 11 is 3.52. The van der Waals surface area contributed by atoms with E-state index in [4.69, 9.17) is 4.74 Å². The second-order valence-corrected chi connectivity index (χ2v) is 8.68. The molecule has 0 aromatic heterocycles. The third-order valence-electron chi connectivity index (χ3n) is 5.29. The molecule has 1 amide bonds. The Kier molecular flexibility index (Phi) is 8.46. The van der Waals surface area contributed by atoms with Gasteiger partial charge in [0.1, 0.15) is 0 Å². The quantitative estimate of drug-likeness (QED) is 0.420. The fourth-order valence-corrected chi connectivity index (χ4v) is 4.08. The number of rotatable bonds is 8. The zero-order valence-electron chi connectivity index (χ0n) is 17.4. The summed E-state index contributed by atoms with van der Waals surface area (Å²) in [5.74, 6) is -0.325. The molecule has 1 aliphatic rings. The molecule has 1 heterocycles. The zero-order valence-corrected chi connectivity index (χ0v) is 19.0. The summed E-state index contributed by atoms with van der Waals surface area (Å²) in [6, 6.07) is 15.2. The van der Waals surface area contributed by atoms with E-state index < -0.39 is 0 Å². The van der Waals surface area contributed by atoms with E-state index in [1.807, 2.05) is 12.1 Å². The van der Waals surface area contributed by atoms with Crippen LogP contribution in [-0.2, 0) is 16.1 Å². The van der Waals surface area contributed by atoms with Crippen LogP contribution < -0.4 is 5.32 Å². The first-order chi connectivity index (χ1) is 14.5. The molecule has 0 bridgehead atoms. The van der Waals surface area contributed by atoms with Crippen molar-refractivity contribution in [3.8, 4) is 0 Å². The highest BCUT2D eigenvalue weighted by molar-refractivity contribution is 9.10. The summed E-state index contributed by atoms with van der Waals surface area (Å²) < 4.78 is 6.29. The van der Waals surface area contributed by atoms with E-state index in [1.54, 1.807) is 24.3 Å². The number of nitrogens with zero attached hydrogens (tertiary/aromatic N) is 1. The van der Waals surface area contributed by atoms with Crippen LogP contribution in [0.3, 0.4) is 0 Å². The zero-order chi connectivity index (χ0) is 21.3. The van der Waals surface area contributed by atoms with Crippen molar-refractivity contribution in [2.75, 3.05) is 25.0 Å². The maximum absolute atomic E-state index is 12.8. The molecular weight excluding hydrogens is 444 g/mol. The summed E-state index contributed by atoms with van der Waals surface area (Å²) in [4.78, 5) is 27.1. The van der Waals surface area contributed by atoms with E-state index >= 15 is 0 Å². The van der Waals surface area contributed by atoms with Crippen LogP contribution in [0, 0.1) is 5.92 Å². The Morgan fingerprint density at radius 2 is 2.00 bits per heavy atom. The summed E-state index contributed by atoms with van der Waals surface area (Å²) in [6.07, 6.45) is 3.75. The number of benzene rings is 2. The number of unbranched alkanes of at least 4 members (excludes halogenated alkanes) is 1. The maximum atomic E-state index is 12.8. The predicted molar refractivity (Wildman–Crippen MR) is 122 cm³/mol. The van der Waals surface area contributed by atoms with Crippen molar-refractivity contribution >= 4 is 33.5 Å². The van der Waals surface area contributed by atoms with Crippen molar-refractivity contribution in [2.24, 2.45) is 5.92 Å². The van der Waals surface area contributed by atoms with Gasteiger partial charge < -0.3 is 10.1 Å². The van der Waals surface area contributed by atoms with Crippen LogP contribution in [0.25, 0.3) is 0 Å². The van der Waals surface area contributed by atoms with Gasteiger partial charge in [0.15, 0.2) is 0 Å². The van der Waals surface area contributed by atoms with Crippen molar-refractivity contribution in [1.82, 2.24) is 4.90 Å². The minimum Gasteiger partial charge on any atom is -0.462 e. The second-order valence-electron chi connectivity index (χ2n) is 7.76. The van der Waals surface area contributed by atoms with Crippen LogP contribution in [0.2, 0.25) is 0 Å². The first-order valence-corrected chi connectivity index (χ1v) is 11.4. The second kappa shape index (κ2) is 11.3. The lowest BCUT2D eigenvalue weighted by atomic mass is 9.96.